The van der Waals surface area contributed by atoms with Gasteiger partial charge in [0, 0.05) is 30.4 Å². The van der Waals surface area contributed by atoms with Gasteiger partial charge in [0.05, 0.1) is 40.4 Å². The third-order valence-corrected chi connectivity index (χ3v) is 7.98. The molecule has 10 nitrogen and oxygen atoms in total. The van der Waals surface area contributed by atoms with Gasteiger partial charge in [-0.1, -0.05) is 17.7 Å². The monoisotopic (exact) mass is 564 g/mol. The van der Waals surface area contributed by atoms with E-state index in [9.17, 15) is 15.2 Å². The van der Waals surface area contributed by atoms with Crippen molar-refractivity contribution in [3.8, 4) is 12.1 Å². The number of aryl methyl sites for hydroxylation is 1. The van der Waals surface area contributed by atoms with Gasteiger partial charge in [0.15, 0.2) is 17.2 Å². The molecule has 2 aromatic carbocycles. The molecular formula is C30H25ClN8O2. The summed E-state index contributed by atoms with van der Waals surface area (Å²) in [6.45, 7) is 5.34. The first-order valence-electron chi connectivity index (χ1n) is 13.2. The highest BCUT2D eigenvalue weighted by molar-refractivity contribution is 6.29. The van der Waals surface area contributed by atoms with Crippen LogP contribution < -0.4 is 15.1 Å². The summed E-state index contributed by atoms with van der Waals surface area (Å²) in [7, 11) is 0. The quantitative estimate of drug-likeness (QED) is 0.305. The number of hydrogen-bond acceptors (Lipinski definition) is 9. The van der Waals surface area contributed by atoms with E-state index >= 15 is 0 Å². The van der Waals surface area contributed by atoms with Crippen molar-refractivity contribution < 1.29 is 9.90 Å². The number of pyridine rings is 1. The summed E-state index contributed by atoms with van der Waals surface area (Å²) in [4.78, 5) is 30.0. The lowest BCUT2D eigenvalue weighted by Gasteiger charge is -2.36. The molecule has 2 N–H and O–H groups in total. The number of anilines is 3. The Morgan fingerprint density at radius 2 is 1.78 bits per heavy atom. The predicted molar refractivity (Wildman–Crippen MR) is 155 cm³/mol. The summed E-state index contributed by atoms with van der Waals surface area (Å²) >= 11 is 5.94. The zero-order valence-corrected chi connectivity index (χ0v) is 23.1. The van der Waals surface area contributed by atoms with Gasteiger partial charge in [-0.05, 0) is 68.3 Å². The molecule has 11 heteroatoms. The summed E-state index contributed by atoms with van der Waals surface area (Å²) in [5, 5.41) is 32.1. The van der Waals surface area contributed by atoms with Gasteiger partial charge in [-0.15, -0.1) is 0 Å². The van der Waals surface area contributed by atoms with E-state index in [4.69, 9.17) is 26.8 Å². The number of nitrogens with one attached hydrogen (secondary N) is 1. The largest absolute Gasteiger partial charge is 0.476 e. The number of benzene rings is 2. The van der Waals surface area contributed by atoms with Crippen molar-refractivity contribution in [2.24, 2.45) is 0 Å². The fraction of sp³-hybridized carbons (Fsp3) is 0.267. The zero-order chi connectivity index (χ0) is 28.8. The Labute approximate surface area is 241 Å². The van der Waals surface area contributed by atoms with Gasteiger partial charge in [-0.25, -0.2) is 19.7 Å². The summed E-state index contributed by atoms with van der Waals surface area (Å²) in [6.07, 6.45) is 0.935. The van der Waals surface area contributed by atoms with Gasteiger partial charge in [-0.2, -0.15) is 10.5 Å². The number of piperazine rings is 1. The maximum atomic E-state index is 11.8. The molecule has 0 spiro atoms. The van der Waals surface area contributed by atoms with E-state index in [0.29, 0.717) is 34.6 Å². The summed E-state index contributed by atoms with van der Waals surface area (Å²) in [5.74, 6) is -0.625. The third kappa shape index (κ3) is 4.73. The van der Waals surface area contributed by atoms with E-state index < -0.39 is 5.97 Å². The molecule has 2 saturated heterocycles. The van der Waals surface area contributed by atoms with Crippen LogP contribution in [0.25, 0.3) is 11.0 Å². The maximum absolute atomic E-state index is 11.8. The first-order chi connectivity index (χ1) is 19.7. The lowest BCUT2D eigenvalue weighted by atomic mass is 10.0. The van der Waals surface area contributed by atoms with Crippen molar-refractivity contribution in [2.75, 3.05) is 28.2 Å². The van der Waals surface area contributed by atoms with Crippen LogP contribution in [0.15, 0.2) is 48.5 Å². The Hall–Kier alpha value is -4.93. The van der Waals surface area contributed by atoms with E-state index in [2.05, 4.69) is 32.2 Å². The van der Waals surface area contributed by atoms with Crippen molar-refractivity contribution in [3.05, 3.63) is 81.8 Å². The Bertz CT molecular complexity index is 1780. The second kappa shape index (κ2) is 10.2. The van der Waals surface area contributed by atoms with E-state index in [-0.39, 0.29) is 34.7 Å². The summed E-state index contributed by atoms with van der Waals surface area (Å²) < 4.78 is 0. The number of hydrogen-bond donors (Lipinski definition) is 2. The van der Waals surface area contributed by atoms with E-state index in [1.807, 2.05) is 50.2 Å². The smallest absolute Gasteiger partial charge is 0.356 e. The van der Waals surface area contributed by atoms with Crippen molar-refractivity contribution in [2.45, 2.75) is 38.4 Å². The molecule has 204 valence electrons. The molecule has 6 rings (SSSR count). The first-order valence-corrected chi connectivity index (χ1v) is 13.6. The lowest BCUT2D eigenvalue weighted by Crippen LogP contribution is -2.47. The fourth-order valence-corrected chi connectivity index (χ4v) is 6.07. The topological polar surface area (TPSA) is 142 Å². The van der Waals surface area contributed by atoms with E-state index in [1.165, 1.54) is 6.07 Å². The molecule has 0 aliphatic carbocycles. The maximum Gasteiger partial charge on any atom is 0.356 e. The molecule has 2 unspecified atom stereocenters. The highest BCUT2D eigenvalue weighted by Crippen LogP contribution is 2.39. The van der Waals surface area contributed by atoms with E-state index in [0.717, 1.165) is 29.8 Å². The number of halogens is 1. The van der Waals surface area contributed by atoms with Gasteiger partial charge in [0.1, 0.15) is 11.2 Å². The predicted octanol–water partition coefficient (Wildman–Crippen LogP) is 5.07. The van der Waals surface area contributed by atoms with Crippen LogP contribution in [0, 0.1) is 29.6 Å². The number of fused-ring (bicyclic) bond motifs is 3. The summed E-state index contributed by atoms with van der Waals surface area (Å²) in [6, 6.07) is 19.1. The van der Waals surface area contributed by atoms with Gasteiger partial charge in [0.25, 0.3) is 0 Å². The Balaban J connectivity index is 1.34. The highest BCUT2D eigenvalue weighted by atomic mass is 35.5. The minimum atomic E-state index is -1.18. The van der Waals surface area contributed by atoms with Crippen LogP contribution in [0.2, 0.25) is 5.15 Å². The average Bonchev–Trinajstić information content (AvgIpc) is 3.58. The molecule has 4 aromatic rings. The van der Waals surface area contributed by atoms with Gasteiger partial charge >= 0.3 is 5.97 Å². The number of carbonyl (C=O) groups is 1. The van der Waals surface area contributed by atoms with Crippen LogP contribution in [-0.2, 0) is 0 Å². The second-order valence-electron chi connectivity index (χ2n) is 10.4. The zero-order valence-electron chi connectivity index (χ0n) is 22.3. The lowest BCUT2D eigenvalue weighted by molar-refractivity contribution is 0.0691. The van der Waals surface area contributed by atoms with Crippen molar-refractivity contribution in [1.29, 1.82) is 10.5 Å². The van der Waals surface area contributed by atoms with Crippen LogP contribution in [0.1, 0.15) is 52.3 Å². The Morgan fingerprint density at radius 1 is 1.05 bits per heavy atom. The number of carboxylic acid groups (broad SMARTS) is 1. The molecule has 2 fully saturated rings. The number of aromatic carboxylic acids is 1. The highest BCUT2D eigenvalue weighted by Gasteiger charge is 2.44. The molecule has 41 heavy (non-hydrogen) atoms. The molecule has 0 radical (unpaired) electrons. The van der Waals surface area contributed by atoms with E-state index in [1.54, 1.807) is 6.07 Å². The SMILES string of the molecule is Cc1cc([C@@H](C)Nc2ccc(Cl)nc2C(=O)O)c2nc(N3CC4CC3CN4c3ccc(C#N)cc3)c(C#N)nc2c1. The van der Waals surface area contributed by atoms with Crippen LogP contribution in [0.3, 0.4) is 0 Å². The number of nitrogens with zero attached hydrogens (tertiary/aromatic N) is 7. The van der Waals surface area contributed by atoms with Crippen LogP contribution >= 0.6 is 11.6 Å². The normalized spacial score (nSPS) is 18.3. The molecule has 0 amide bonds. The molecule has 4 heterocycles. The van der Waals surface area contributed by atoms with Gasteiger partial charge in [0.2, 0.25) is 0 Å². The molecule has 2 aromatic heterocycles. The third-order valence-electron chi connectivity index (χ3n) is 7.77. The molecule has 3 atom stereocenters. The van der Waals surface area contributed by atoms with Crippen LogP contribution in [-0.4, -0.2) is 51.2 Å². The average molecular weight is 565 g/mol. The van der Waals surface area contributed by atoms with Crippen molar-refractivity contribution in [3.63, 3.8) is 0 Å². The number of rotatable bonds is 6. The molecular weight excluding hydrogens is 540 g/mol. The minimum Gasteiger partial charge on any atom is -0.476 e. The van der Waals surface area contributed by atoms with Crippen molar-refractivity contribution in [1.82, 2.24) is 15.0 Å². The molecule has 2 aliphatic rings. The molecule has 0 saturated carbocycles. The summed E-state index contributed by atoms with van der Waals surface area (Å²) in [5.41, 5.74) is 5.18. The second-order valence-corrected chi connectivity index (χ2v) is 10.8. The first kappa shape index (κ1) is 26.3. The molecule has 2 bridgehead atoms. The van der Waals surface area contributed by atoms with Gasteiger partial charge in [-0.3, -0.25) is 0 Å². The number of carboxylic acids is 1. The minimum absolute atomic E-state index is 0.0961. The van der Waals surface area contributed by atoms with Gasteiger partial charge < -0.3 is 20.2 Å². The Morgan fingerprint density at radius 3 is 2.44 bits per heavy atom. The standard InChI is InChI=1S/C30H25ClN8O2/c1-16-9-22(17(2)34-23-7-8-26(31)36-28(23)30(40)41)27-24(10-16)35-25(13-33)29(37-27)39-15-20-11-21(39)14-38(20)19-5-3-18(12-32)4-6-19/h3-10,17,20-21,34H,11,14-15H2,1-2H3,(H,40,41)/t17-,20?,21?/m1/s1. The Kier molecular flexibility index (Phi) is 6.56. The van der Waals surface area contributed by atoms with Crippen molar-refractivity contribution >= 4 is 45.8 Å². The van der Waals surface area contributed by atoms with Crippen LogP contribution in [0.5, 0.6) is 0 Å². The molecule has 2 aliphatic heterocycles. The van der Waals surface area contributed by atoms with Crippen LogP contribution in [0.4, 0.5) is 17.2 Å². The number of aromatic nitrogens is 3. The number of nitriles is 2. The fourth-order valence-electron chi connectivity index (χ4n) is 5.92.